The topological polar surface area (TPSA) is 104 Å². The Labute approximate surface area is 140 Å². The maximum Gasteiger partial charge on any atom is 0.248 e. The third-order valence-electron chi connectivity index (χ3n) is 4.65. The summed E-state index contributed by atoms with van der Waals surface area (Å²) in [5.74, 6) is -0.277. The summed E-state index contributed by atoms with van der Waals surface area (Å²) in [6.07, 6.45) is 0.890. The van der Waals surface area contributed by atoms with Gasteiger partial charge in [0.1, 0.15) is 11.4 Å². The number of piperazine rings is 1. The molecule has 3 rings (SSSR count). The average Bonchev–Trinajstić information content (AvgIpc) is 3.12. The number of aromatic nitrogens is 2. The molecular formula is C15H22N6O3. The van der Waals surface area contributed by atoms with E-state index in [0.29, 0.717) is 32.5 Å². The lowest BCUT2D eigenvalue weighted by atomic mass is 9.98. The molecule has 1 saturated heterocycles. The standard InChI is InChI=1S/C15H22N6O3/c1-10-12(15(23)17-16-10)3-4-14(22)21-7-5-20(6-8-21)9-13-11(2)18-24-19-13/h12H,3-9H2,1-2H3,(H,17,23). The second-order valence-corrected chi connectivity index (χ2v) is 6.27. The molecule has 1 aromatic rings. The van der Waals surface area contributed by atoms with Gasteiger partial charge in [-0.15, -0.1) is 0 Å². The highest BCUT2D eigenvalue weighted by atomic mass is 16.6. The molecule has 2 aliphatic heterocycles. The van der Waals surface area contributed by atoms with Crippen molar-refractivity contribution in [2.75, 3.05) is 26.2 Å². The van der Waals surface area contributed by atoms with E-state index in [1.807, 2.05) is 18.7 Å². The van der Waals surface area contributed by atoms with Gasteiger partial charge in [-0.25, -0.2) is 10.1 Å². The van der Waals surface area contributed by atoms with Gasteiger partial charge in [-0.2, -0.15) is 5.10 Å². The number of carbonyl (C=O) groups is 2. The molecular weight excluding hydrogens is 312 g/mol. The fourth-order valence-corrected chi connectivity index (χ4v) is 3.01. The first-order valence-electron chi connectivity index (χ1n) is 8.17. The highest BCUT2D eigenvalue weighted by Gasteiger charge is 2.29. The van der Waals surface area contributed by atoms with Crippen molar-refractivity contribution in [3.05, 3.63) is 11.4 Å². The van der Waals surface area contributed by atoms with Crippen LogP contribution in [0.3, 0.4) is 0 Å². The Morgan fingerprint density at radius 3 is 2.58 bits per heavy atom. The summed E-state index contributed by atoms with van der Waals surface area (Å²) in [4.78, 5) is 28.1. The summed E-state index contributed by atoms with van der Waals surface area (Å²) in [5, 5.41) is 11.6. The number of hydrazone groups is 1. The molecule has 24 heavy (non-hydrogen) atoms. The SMILES string of the molecule is CC1=NNC(=O)C1CCC(=O)N1CCN(Cc2nonc2C)CC1. The van der Waals surface area contributed by atoms with Crippen molar-refractivity contribution < 1.29 is 14.2 Å². The van der Waals surface area contributed by atoms with E-state index in [2.05, 4.69) is 25.7 Å². The van der Waals surface area contributed by atoms with Crippen LogP contribution in [0.15, 0.2) is 9.73 Å². The van der Waals surface area contributed by atoms with E-state index in [1.165, 1.54) is 0 Å². The van der Waals surface area contributed by atoms with Gasteiger partial charge in [0, 0.05) is 44.9 Å². The first-order valence-corrected chi connectivity index (χ1v) is 8.17. The number of hydrogen-bond donors (Lipinski definition) is 1. The third-order valence-corrected chi connectivity index (χ3v) is 4.65. The predicted octanol–water partition coefficient (Wildman–Crippen LogP) is -0.0757. The van der Waals surface area contributed by atoms with Crippen molar-refractivity contribution in [3.8, 4) is 0 Å². The summed E-state index contributed by atoms with van der Waals surface area (Å²) in [6, 6.07) is 0. The van der Waals surface area contributed by atoms with Crippen LogP contribution in [-0.2, 0) is 16.1 Å². The van der Waals surface area contributed by atoms with Crippen LogP contribution in [0, 0.1) is 12.8 Å². The molecule has 1 unspecified atom stereocenters. The summed E-state index contributed by atoms with van der Waals surface area (Å²) in [5.41, 5.74) is 4.86. The van der Waals surface area contributed by atoms with E-state index in [4.69, 9.17) is 4.63 Å². The second-order valence-electron chi connectivity index (χ2n) is 6.27. The highest BCUT2D eigenvalue weighted by molar-refractivity contribution is 6.07. The first-order chi connectivity index (χ1) is 11.5. The molecule has 1 fully saturated rings. The Morgan fingerprint density at radius 2 is 2.00 bits per heavy atom. The van der Waals surface area contributed by atoms with Crippen molar-refractivity contribution in [2.24, 2.45) is 11.0 Å². The molecule has 0 spiro atoms. The molecule has 1 aromatic heterocycles. The molecule has 0 aliphatic carbocycles. The lowest BCUT2D eigenvalue weighted by molar-refractivity contribution is -0.133. The molecule has 2 aliphatic rings. The Bertz CT molecular complexity index is 647. The number of aryl methyl sites for hydroxylation is 1. The van der Waals surface area contributed by atoms with Crippen molar-refractivity contribution >= 4 is 17.5 Å². The van der Waals surface area contributed by atoms with Crippen molar-refractivity contribution in [1.29, 1.82) is 0 Å². The van der Waals surface area contributed by atoms with Crippen molar-refractivity contribution in [3.63, 3.8) is 0 Å². The third kappa shape index (κ3) is 3.61. The van der Waals surface area contributed by atoms with E-state index in [1.54, 1.807) is 0 Å². The van der Waals surface area contributed by atoms with Gasteiger partial charge in [0.2, 0.25) is 11.8 Å². The number of carbonyl (C=O) groups excluding carboxylic acids is 2. The zero-order valence-corrected chi connectivity index (χ0v) is 14.0. The van der Waals surface area contributed by atoms with Crippen LogP contribution in [0.25, 0.3) is 0 Å². The molecule has 0 radical (unpaired) electrons. The fourth-order valence-electron chi connectivity index (χ4n) is 3.01. The maximum absolute atomic E-state index is 12.3. The number of nitrogens with zero attached hydrogens (tertiary/aromatic N) is 5. The van der Waals surface area contributed by atoms with Gasteiger partial charge in [0.05, 0.1) is 5.92 Å². The van der Waals surface area contributed by atoms with E-state index in [0.717, 1.165) is 30.2 Å². The average molecular weight is 334 g/mol. The van der Waals surface area contributed by atoms with Gasteiger partial charge in [0.25, 0.3) is 0 Å². The second kappa shape index (κ2) is 7.08. The summed E-state index contributed by atoms with van der Waals surface area (Å²) in [6.45, 7) is 7.34. The smallest absolute Gasteiger partial charge is 0.248 e. The quantitative estimate of drug-likeness (QED) is 0.808. The predicted molar refractivity (Wildman–Crippen MR) is 84.9 cm³/mol. The Balaban J connectivity index is 1.43. The van der Waals surface area contributed by atoms with E-state index in [-0.39, 0.29) is 17.7 Å². The summed E-state index contributed by atoms with van der Waals surface area (Å²) < 4.78 is 4.71. The van der Waals surface area contributed by atoms with E-state index in [9.17, 15) is 9.59 Å². The van der Waals surface area contributed by atoms with Gasteiger partial charge in [-0.3, -0.25) is 14.5 Å². The molecule has 3 heterocycles. The first kappa shape index (κ1) is 16.6. The van der Waals surface area contributed by atoms with Crippen LogP contribution in [0.4, 0.5) is 0 Å². The summed E-state index contributed by atoms with van der Waals surface area (Å²) in [7, 11) is 0. The molecule has 2 amide bonds. The van der Waals surface area contributed by atoms with Crippen LogP contribution >= 0.6 is 0 Å². The van der Waals surface area contributed by atoms with E-state index < -0.39 is 0 Å². The molecule has 130 valence electrons. The zero-order valence-electron chi connectivity index (χ0n) is 14.0. The maximum atomic E-state index is 12.3. The van der Waals surface area contributed by atoms with Gasteiger partial charge >= 0.3 is 0 Å². The van der Waals surface area contributed by atoms with Gasteiger partial charge < -0.3 is 4.90 Å². The lowest BCUT2D eigenvalue weighted by Gasteiger charge is -2.34. The van der Waals surface area contributed by atoms with Gasteiger partial charge in [-0.1, -0.05) is 10.3 Å². The van der Waals surface area contributed by atoms with Crippen molar-refractivity contribution in [2.45, 2.75) is 33.2 Å². The molecule has 9 heteroatoms. The largest absolute Gasteiger partial charge is 0.340 e. The summed E-state index contributed by atoms with van der Waals surface area (Å²) >= 11 is 0. The number of hydrogen-bond acceptors (Lipinski definition) is 7. The number of rotatable bonds is 5. The minimum atomic E-state index is -0.266. The molecule has 0 saturated carbocycles. The van der Waals surface area contributed by atoms with E-state index >= 15 is 0 Å². The normalized spacial score (nSPS) is 21.8. The minimum absolute atomic E-state index is 0.0985. The molecule has 9 nitrogen and oxygen atoms in total. The van der Waals surface area contributed by atoms with Crippen LogP contribution in [0.1, 0.15) is 31.2 Å². The number of nitrogens with one attached hydrogen (secondary N) is 1. The molecule has 1 atom stereocenters. The highest BCUT2D eigenvalue weighted by Crippen LogP contribution is 2.16. The van der Waals surface area contributed by atoms with Crippen LogP contribution in [0.2, 0.25) is 0 Å². The van der Waals surface area contributed by atoms with Crippen LogP contribution in [-0.4, -0.2) is 63.8 Å². The minimum Gasteiger partial charge on any atom is -0.340 e. The molecule has 0 aromatic carbocycles. The van der Waals surface area contributed by atoms with Crippen LogP contribution in [0.5, 0.6) is 0 Å². The Morgan fingerprint density at radius 1 is 1.25 bits per heavy atom. The fraction of sp³-hybridized carbons (Fsp3) is 0.667. The van der Waals surface area contributed by atoms with Crippen LogP contribution < -0.4 is 5.43 Å². The van der Waals surface area contributed by atoms with Gasteiger partial charge in [-0.05, 0) is 20.3 Å². The molecule has 1 N–H and O–H groups in total. The van der Waals surface area contributed by atoms with Crippen molar-refractivity contribution in [1.82, 2.24) is 25.5 Å². The Hall–Kier alpha value is -2.29. The Kier molecular flexibility index (Phi) is 4.89. The molecule has 0 bridgehead atoms. The zero-order chi connectivity index (χ0) is 17.1. The monoisotopic (exact) mass is 334 g/mol. The number of amides is 2. The lowest BCUT2D eigenvalue weighted by Crippen LogP contribution is -2.48. The van der Waals surface area contributed by atoms with Gasteiger partial charge in [0.15, 0.2) is 0 Å².